The molecule has 0 N–H and O–H groups in total. The standard InChI is InChI=1S/C16H18ClN/c1-3-13-6-4-5-7-15(13)16(17)10-14-9-8-12(2)11-18-14/h4-9,11,16H,3,10H2,1-2H3. The van der Waals surface area contributed by atoms with Gasteiger partial charge in [-0.1, -0.05) is 37.3 Å². The highest BCUT2D eigenvalue weighted by Gasteiger charge is 2.12. The smallest absolute Gasteiger partial charge is 0.0643 e. The van der Waals surface area contributed by atoms with Crippen molar-refractivity contribution >= 4 is 11.6 Å². The SMILES string of the molecule is CCc1ccccc1C(Cl)Cc1ccc(C)cn1. The number of pyridine rings is 1. The van der Waals surface area contributed by atoms with Gasteiger partial charge >= 0.3 is 0 Å². The summed E-state index contributed by atoms with van der Waals surface area (Å²) in [6.07, 6.45) is 3.68. The van der Waals surface area contributed by atoms with E-state index in [-0.39, 0.29) is 5.38 Å². The number of alkyl halides is 1. The zero-order valence-electron chi connectivity index (χ0n) is 10.9. The number of rotatable bonds is 4. The molecule has 0 bridgehead atoms. The molecule has 0 radical (unpaired) electrons. The normalized spacial score (nSPS) is 12.4. The molecule has 94 valence electrons. The molecule has 1 atom stereocenters. The van der Waals surface area contributed by atoms with Crippen LogP contribution in [0.4, 0.5) is 0 Å². The zero-order valence-corrected chi connectivity index (χ0v) is 11.6. The molecule has 2 rings (SSSR count). The summed E-state index contributed by atoms with van der Waals surface area (Å²) in [5.74, 6) is 0. The predicted molar refractivity (Wildman–Crippen MR) is 77.1 cm³/mol. The topological polar surface area (TPSA) is 12.9 Å². The van der Waals surface area contributed by atoms with Gasteiger partial charge in [-0.05, 0) is 36.1 Å². The fraction of sp³-hybridized carbons (Fsp3) is 0.312. The van der Waals surface area contributed by atoms with E-state index in [4.69, 9.17) is 11.6 Å². The van der Waals surface area contributed by atoms with E-state index in [0.29, 0.717) is 0 Å². The Morgan fingerprint density at radius 2 is 1.94 bits per heavy atom. The van der Waals surface area contributed by atoms with Crippen LogP contribution in [0.3, 0.4) is 0 Å². The maximum atomic E-state index is 6.52. The fourth-order valence-corrected chi connectivity index (χ4v) is 2.45. The highest BCUT2D eigenvalue weighted by Crippen LogP contribution is 2.27. The van der Waals surface area contributed by atoms with E-state index in [1.807, 2.05) is 19.2 Å². The Labute approximate surface area is 114 Å². The number of benzene rings is 1. The minimum Gasteiger partial charge on any atom is -0.261 e. The van der Waals surface area contributed by atoms with E-state index in [9.17, 15) is 0 Å². The number of nitrogens with zero attached hydrogens (tertiary/aromatic N) is 1. The Hall–Kier alpha value is -1.34. The van der Waals surface area contributed by atoms with E-state index in [1.165, 1.54) is 16.7 Å². The van der Waals surface area contributed by atoms with E-state index >= 15 is 0 Å². The van der Waals surface area contributed by atoms with Gasteiger partial charge in [0.1, 0.15) is 0 Å². The molecule has 0 aliphatic rings. The van der Waals surface area contributed by atoms with Gasteiger partial charge in [-0.3, -0.25) is 4.98 Å². The van der Waals surface area contributed by atoms with Gasteiger partial charge < -0.3 is 0 Å². The number of hydrogen-bond acceptors (Lipinski definition) is 1. The van der Waals surface area contributed by atoms with E-state index < -0.39 is 0 Å². The van der Waals surface area contributed by atoms with Gasteiger partial charge in [-0.15, -0.1) is 11.6 Å². The van der Waals surface area contributed by atoms with Crippen LogP contribution in [0.15, 0.2) is 42.6 Å². The molecule has 2 heteroatoms. The summed E-state index contributed by atoms with van der Waals surface area (Å²) in [5, 5.41) is -0.00337. The highest BCUT2D eigenvalue weighted by atomic mass is 35.5. The first-order valence-corrected chi connectivity index (χ1v) is 6.77. The first-order chi connectivity index (χ1) is 8.70. The van der Waals surface area contributed by atoms with Crippen LogP contribution in [0.5, 0.6) is 0 Å². The van der Waals surface area contributed by atoms with Gasteiger partial charge in [0, 0.05) is 18.3 Å². The summed E-state index contributed by atoms with van der Waals surface area (Å²) in [4.78, 5) is 4.41. The van der Waals surface area contributed by atoms with Crippen LogP contribution in [0.25, 0.3) is 0 Å². The minimum absolute atomic E-state index is 0.00337. The monoisotopic (exact) mass is 259 g/mol. The molecule has 0 aliphatic heterocycles. The van der Waals surface area contributed by atoms with Crippen molar-refractivity contribution < 1.29 is 0 Å². The predicted octanol–water partition coefficient (Wildman–Crippen LogP) is 4.48. The molecular formula is C16H18ClN. The van der Waals surface area contributed by atoms with E-state index in [1.54, 1.807) is 0 Å². The number of aromatic nitrogens is 1. The van der Waals surface area contributed by atoms with Crippen LogP contribution in [0.1, 0.15) is 34.7 Å². The fourth-order valence-electron chi connectivity index (χ4n) is 2.07. The summed E-state index contributed by atoms with van der Waals surface area (Å²) in [7, 11) is 0. The number of hydrogen-bond donors (Lipinski definition) is 0. The van der Waals surface area contributed by atoms with Crippen LogP contribution >= 0.6 is 11.6 Å². The van der Waals surface area contributed by atoms with E-state index in [0.717, 1.165) is 18.5 Å². The van der Waals surface area contributed by atoms with Crippen molar-refractivity contribution in [3.8, 4) is 0 Å². The second kappa shape index (κ2) is 6.01. The Morgan fingerprint density at radius 3 is 2.61 bits per heavy atom. The maximum absolute atomic E-state index is 6.52. The third-order valence-corrected chi connectivity index (χ3v) is 3.52. The molecular weight excluding hydrogens is 242 g/mol. The maximum Gasteiger partial charge on any atom is 0.0643 e. The van der Waals surface area contributed by atoms with Gasteiger partial charge in [0.15, 0.2) is 0 Å². The second-order valence-corrected chi connectivity index (χ2v) is 5.08. The third-order valence-electron chi connectivity index (χ3n) is 3.13. The van der Waals surface area contributed by atoms with Gasteiger partial charge in [0.2, 0.25) is 0 Å². The quantitative estimate of drug-likeness (QED) is 0.738. The largest absolute Gasteiger partial charge is 0.261 e. The van der Waals surface area contributed by atoms with Crippen LogP contribution < -0.4 is 0 Å². The second-order valence-electron chi connectivity index (χ2n) is 4.55. The summed E-state index contributed by atoms with van der Waals surface area (Å²) < 4.78 is 0. The molecule has 0 fully saturated rings. The molecule has 1 heterocycles. The van der Waals surface area contributed by atoms with Crippen molar-refractivity contribution in [3.05, 3.63) is 65.0 Å². The average Bonchev–Trinajstić information content (AvgIpc) is 2.41. The molecule has 0 spiro atoms. The van der Waals surface area contributed by atoms with E-state index in [2.05, 4.69) is 42.2 Å². The third kappa shape index (κ3) is 3.11. The van der Waals surface area contributed by atoms with Crippen molar-refractivity contribution in [2.75, 3.05) is 0 Å². The first-order valence-electron chi connectivity index (χ1n) is 6.34. The van der Waals surface area contributed by atoms with Crippen molar-refractivity contribution in [2.24, 2.45) is 0 Å². The van der Waals surface area contributed by atoms with Crippen LogP contribution in [0.2, 0.25) is 0 Å². The molecule has 0 saturated carbocycles. The number of aryl methyl sites for hydroxylation is 2. The first kappa shape index (κ1) is 13.1. The molecule has 0 saturated heterocycles. The number of halogens is 1. The molecule has 2 aromatic rings. The Kier molecular flexibility index (Phi) is 4.38. The summed E-state index contributed by atoms with van der Waals surface area (Å²) in [6.45, 7) is 4.20. The molecule has 0 aliphatic carbocycles. The Balaban J connectivity index is 2.16. The molecule has 1 unspecified atom stereocenters. The Morgan fingerprint density at radius 1 is 1.17 bits per heavy atom. The molecule has 1 aromatic heterocycles. The van der Waals surface area contributed by atoms with Crippen molar-refractivity contribution in [1.29, 1.82) is 0 Å². The summed E-state index contributed by atoms with van der Waals surface area (Å²) >= 11 is 6.52. The molecule has 1 aromatic carbocycles. The summed E-state index contributed by atoms with van der Waals surface area (Å²) in [5.41, 5.74) is 4.78. The lowest BCUT2D eigenvalue weighted by atomic mass is 9.99. The van der Waals surface area contributed by atoms with Crippen molar-refractivity contribution in [2.45, 2.75) is 32.1 Å². The lowest BCUT2D eigenvalue weighted by Gasteiger charge is -2.13. The van der Waals surface area contributed by atoms with Crippen LogP contribution in [-0.4, -0.2) is 4.98 Å². The van der Waals surface area contributed by atoms with Gasteiger partial charge in [0.05, 0.1) is 5.38 Å². The van der Waals surface area contributed by atoms with Crippen molar-refractivity contribution in [1.82, 2.24) is 4.98 Å². The van der Waals surface area contributed by atoms with Crippen LogP contribution in [0, 0.1) is 6.92 Å². The van der Waals surface area contributed by atoms with Crippen molar-refractivity contribution in [3.63, 3.8) is 0 Å². The molecule has 1 nitrogen and oxygen atoms in total. The van der Waals surface area contributed by atoms with Gasteiger partial charge in [-0.2, -0.15) is 0 Å². The molecule has 18 heavy (non-hydrogen) atoms. The molecule has 0 amide bonds. The lowest BCUT2D eigenvalue weighted by molar-refractivity contribution is 0.862. The van der Waals surface area contributed by atoms with Gasteiger partial charge in [0.25, 0.3) is 0 Å². The van der Waals surface area contributed by atoms with Gasteiger partial charge in [-0.25, -0.2) is 0 Å². The van der Waals surface area contributed by atoms with Crippen LogP contribution in [-0.2, 0) is 12.8 Å². The average molecular weight is 260 g/mol. The summed E-state index contributed by atoms with van der Waals surface area (Å²) in [6, 6.07) is 12.5. The Bertz CT molecular complexity index is 505. The minimum atomic E-state index is -0.00337. The lowest BCUT2D eigenvalue weighted by Crippen LogP contribution is -2.01. The highest BCUT2D eigenvalue weighted by molar-refractivity contribution is 6.21. The zero-order chi connectivity index (χ0) is 13.0.